The molecule has 42 heavy (non-hydrogen) atoms. The van der Waals surface area contributed by atoms with E-state index in [1.54, 1.807) is 7.05 Å². The largest absolute Gasteiger partial charge is 0.489 e. The van der Waals surface area contributed by atoms with E-state index < -0.39 is 30.1 Å². The van der Waals surface area contributed by atoms with Crippen molar-refractivity contribution in [3.05, 3.63) is 65.2 Å². The number of fused-ring (bicyclic) bond motifs is 1. The number of nitrogens with zero attached hydrogens (tertiary/aromatic N) is 1. The highest BCUT2D eigenvalue weighted by molar-refractivity contribution is 5.93. The van der Waals surface area contributed by atoms with Gasteiger partial charge in [-0.15, -0.1) is 0 Å². The predicted octanol–water partition coefficient (Wildman–Crippen LogP) is 2.38. The fourth-order valence-corrected chi connectivity index (χ4v) is 5.90. The minimum Gasteiger partial charge on any atom is -0.489 e. The van der Waals surface area contributed by atoms with Crippen molar-refractivity contribution in [2.45, 2.75) is 89.6 Å². The third kappa shape index (κ3) is 7.69. The minimum absolute atomic E-state index is 0.0219. The molecule has 0 saturated carbocycles. The Balaban J connectivity index is 1.65. The summed E-state index contributed by atoms with van der Waals surface area (Å²) < 4.78 is 6.48. The average Bonchev–Trinajstić information content (AvgIpc) is 2.98. The maximum Gasteiger partial charge on any atom is 0.246 e. The van der Waals surface area contributed by atoms with E-state index in [0.29, 0.717) is 19.5 Å². The molecule has 228 valence electrons. The van der Waals surface area contributed by atoms with Crippen molar-refractivity contribution < 1.29 is 24.2 Å². The van der Waals surface area contributed by atoms with Crippen LogP contribution in [0, 0.1) is 5.92 Å². The molecule has 0 aromatic heterocycles. The molecule has 4 rings (SSSR count). The van der Waals surface area contributed by atoms with Crippen LogP contribution in [-0.2, 0) is 33.6 Å². The van der Waals surface area contributed by atoms with E-state index in [4.69, 9.17) is 4.74 Å². The normalized spacial score (nSPS) is 25.7. The Morgan fingerprint density at radius 3 is 2.40 bits per heavy atom. The monoisotopic (exact) mass is 578 g/mol. The smallest absolute Gasteiger partial charge is 0.246 e. The number of nitrogens with one attached hydrogen (secondary N) is 3. The molecule has 6 atom stereocenters. The second-order valence-electron chi connectivity index (χ2n) is 11.7. The van der Waals surface area contributed by atoms with Gasteiger partial charge in [0.1, 0.15) is 23.9 Å². The number of hydrogen-bond donors (Lipinski definition) is 4. The lowest BCUT2D eigenvalue weighted by molar-refractivity contribution is -0.146. The lowest BCUT2D eigenvalue weighted by Gasteiger charge is -2.36. The highest BCUT2D eigenvalue weighted by Crippen LogP contribution is 2.32. The molecule has 2 aliphatic heterocycles. The number of para-hydroxylation sites is 1. The Labute approximate surface area is 249 Å². The standard InChI is InChI=1S/C33H46N4O5/c1-5-21(2)28-33(41)37(4)29(22(3)38)32(40)36-27(19-23-11-7-6-8-12-23)31(39)34-18-10-15-24-13-9-14-25-16-17-26(20-35-28)42-30(24)25/h6-9,11-14,21-22,26-29,35,38H,5,10,15-20H2,1-4H3,(H,34,39)(H,36,40)/t21?,22?,26?,27-,28+,29+/m1/s1. The minimum atomic E-state index is -1.17. The molecule has 2 aromatic carbocycles. The van der Waals surface area contributed by atoms with Gasteiger partial charge in [-0.1, -0.05) is 68.8 Å². The quantitative estimate of drug-likeness (QED) is 0.433. The number of aliphatic hydroxyl groups is 1. The summed E-state index contributed by atoms with van der Waals surface area (Å²) in [5, 5.41) is 20.0. The number of ether oxygens (including phenoxy) is 1. The molecule has 0 spiro atoms. The Bertz CT molecular complexity index is 1220. The molecular formula is C33H46N4O5. The van der Waals surface area contributed by atoms with Crippen LogP contribution < -0.4 is 20.7 Å². The van der Waals surface area contributed by atoms with Crippen molar-refractivity contribution in [3.8, 4) is 5.75 Å². The molecule has 3 amide bonds. The van der Waals surface area contributed by atoms with E-state index in [0.717, 1.165) is 42.6 Å². The van der Waals surface area contributed by atoms with Crippen LogP contribution in [0.25, 0.3) is 0 Å². The number of aliphatic hydroxyl groups excluding tert-OH is 1. The molecule has 0 aliphatic carbocycles. The second kappa shape index (κ2) is 14.6. The van der Waals surface area contributed by atoms with Crippen LogP contribution in [0.2, 0.25) is 0 Å². The van der Waals surface area contributed by atoms with Gasteiger partial charge in [0.2, 0.25) is 17.7 Å². The Morgan fingerprint density at radius 2 is 1.71 bits per heavy atom. The molecule has 9 heteroatoms. The fraction of sp³-hybridized carbons (Fsp3) is 0.545. The molecule has 4 N–H and O–H groups in total. The average molecular weight is 579 g/mol. The lowest BCUT2D eigenvalue weighted by Crippen LogP contribution is -2.61. The highest BCUT2D eigenvalue weighted by Gasteiger charge is 2.38. The van der Waals surface area contributed by atoms with Crippen molar-refractivity contribution in [2.24, 2.45) is 5.92 Å². The summed E-state index contributed by atoms with van der Waals surface area (Å²) in [5.74, 6) is -0.274. The first kappa shape index (κ1) is 31.5. The molecule has 3 unspecified atom stereocenters. The predicted molar refractivity (Wildman–Crippen MR) is 162 cm³/mol. The summed E-state index contributed by atoms with van der Waals surface area (Å²) in [6.07, 6.45) is 2.95. The van der Waals surface area contributed by atoms with Crippen LogP contribution >= 0.6 is 0 Å². The van der Waals surface area contributed by atoms with E-state index in [1.807, 2.05) is 44.2 Å². The zero-order valence-corrected chi connectivity index (χ0v) is 25.3. The molecule has 2 aliphatic rings. The summed E-state index contributed by atoms with van der Waals surface area (Å²) in [6, 6.07) is 13.1. The number of likely N-dealkylation sites (N-methyl/N-ethyl adjacent to an activating group) is 1. The Hall–Kier alpha value is -3.43. The summed E-state index contributed by atoms with van der Waals surface area (Å²) in [5.41, 5.74) is 3.18. The van der Waals surface area contributed by atoms with Gasteiger partial charge >= 0.3 is 0 Å². The molecule has 2 heterocycles. The fourth-order valence-electron chi connectivity index (χ4n) is 5.90. The first-order chi connectivity index (χ1) is 20.2. The number of carbonyl (C=O) groups excluding carboxylic acids is 3. The summed E-state index contributed by atoms with van der Waals surface area (Å²) in [7, 11) is 1.54. The maximum absolute atomic E-state index is 13.9. The first-order valence-electron chi connectivity index (χ1n) is 15.3. The van der Waals surface area contributed by atoms with Gasteiger partial charge in [-0.25, -0.2) is 0 Å². The van der Waals surface area contributed by atoms with E-state index in [2.05, 4.69) is 34.1 Å². The number of aryl methyl sites for hydroxylation is 2. The number of benzene rings is 2. The Kier molecular flexibility index (Phi) is 11.0. The topological polar surface area (TPSA) is 120 Å². The van der Waals surface area contributed by atoms with Gasteiger partial charge in [-0.2, -0.15) is 0 Å². The second-order valence-corrected chi connectivity index (χ2v) is 11.7. The maximum atomic E-state index is 13.9. The van der Waals surface area contributed by atoms with Crippen LogP contribution in [0.1, 0.15) is 56.7 Å². The third-order valence-corrected chi connectivity index (χ3v) is 8.57. The molecule has 0 radical (unpaired) electrons. The molecule has 0 saturated heterocycles. The van der Waals surface area contributed by atoms with E-state index in [-0.39, 0.29) is 30.3 Å². The summed E-state index contributed by atoms with van der Waals surface area (Å²) in [6.45, 7) is 6.44. The Morgan fingerprint density at radius 1 is 1.00 bits per heavy atom. The van der Waals surface area contributed by atoms with Crippen LogP contribution in [-0.4, -0.2) is 78.2 Å². The molecule has 2 aromatic rings. The van der Waals surface area contributed by atoms with E-state index in [1.165, 1.54) is 17.4 Å². The zero-order chi connectivity index (χ0) is 30.2. The summed E-state index contributed by atoms with van der Waals surface area (Å²) >= 11 is 0. The third-order valence-electron chi connectivity index (χ3n) is 8.57. The number of hydrogen-bond acceptors (Lipinski definition) is 6. The van der Waals surface area contributed by atoms with Crippen LogP contribution in [0.5, 0.6) is 5.75 Å². The van der Waals surface area contributed by atoms with Crippen molar-refractivity contribution in [3.63, 3.8) is 0 Å². The molecule has 2 bridgehead atoms. The summed E-state index contributed by atoms with van der Waals surface area (Å²) in [4.78, 5) is 42.3. The van der Waals surface area contributed by atoms with Gasteiger partial charge in [0.25, 0.3) is 0 Å². The van der Waals surface area contributed by atoms with E-state index in [9.17, 15) is 19.5 Å². The molecule has 0 fully saturated rings. The van der Waals surface area contributed by atoms with Crippen LogP contribution in [0.15, 0.2) is 48.5 Å². The number of amides is 3. The number of carbonyl (C=O) groups is 3. The van der Waals surface area contributed by atoms with Gasteiger partial charge < -0.3 is 30.7 Å². The van der Waals surface area contributed by atoms with Crippen molar-refractivity contribution >= 4 is 17.7 Å². The van der Waals surface area contributed by atoms with Gasteiger partial charge in [-0.05, 0) is 55.2 Å². The van der Waals surface area contributed by atoms with Crippen molar-refractivity contribution in [1.29, 1.82) is 0 Å². The van der Waals surface area contributed by atoms with E-state index >= 15 is 0 Å². The highest BCUT2D eigenvalue weighted by atomic mass is 16.5. The van der Waals surface area contributed by atoms with Crippen LogP contribution in [0.4, 0.5) is 0 Å². The molecular weight excluding hydrogens is 532 g/mol. The number of rotatable bonds is 5. The molecule has 9 nitrogen and oxygen atoms in total. The van der Waals surface area contributed by atoms with Gasteiger partial charge in [-0.3, -0.25) is 14.4 Å². The zero-order valence-electron chi connectivity index (χ0n) is 25.3. The SMILES string of the molecule is CCC(C)[C@@H]1NCC2CCc3cccc(c3O2)CCCNC(=O)[C@@H](Cc2ccccc2)NC(=O)[C@H](C(C)O)N(C)C1=O. The lowest BCUT2D eigenvalue weighted by atomic mass is 9.95. The van der Waals surface area contributed by atoms with Crippen LogP contribution in [0.3, 0.4) is 0 Å². The van der Waals surface area contributed by atoms with Crippen molar-refractivity contribution in [2.75, 3.05) is 20.1 Å². The van der Waals surface area contributed by atoms with Crippen molar-refractivity contribution in [1.82, 2.24) is 20.9 Å². The van der Waals surface area contributed by atoms with Gasteiger partial charge in [0.15, 0.2) is 0 Å². The first-order valence-corrected chi connectivity index (χ1v) is 15.3. The van der Waals surface area contributed by atoms with Gasteiger partial charge in [0, 0.05) is 26.6 Å². The van der Waals surface area contributed by atoms with Gasteiger partial charge in [0.05, 0.1) is 12.1 Å².